The first-order valence-corrected chi connectivity index (χ1v) is 12.5. The molecule has 0 aliphatic heterocycles. The predicted octanol–water partition coefficient (Wildman–Crippen LogP) is 4.80. The number of rotatable bonds is 8. The number of nitrogens with zero attached hydrogens (tertiary/aromatic N) is 5. The van der Waals surface area contributed by atoms with Crippen molar-refractivity contribution in [3.63, 3.8) is 0 Å². The van der Waals surface area contributed by atoms with E-state index in [1.807, 2.05) is 48.9 Å². The lowest BCUT2D eigenvalue weighted by Crippen LogP contribution is -2.16. The van der Waals surface area contributed by atoms with Crippen molar-refractivity contribution in [1.29, 1.82) is 0 Å². The summed E-state index contributed by atoms with van der Waals surface area (Å²) in [6.07, 6.45) is 3.07. The first-order valence-electron chi connectivity index (χ1n) is 10.6. The van der Waals surface area contributed by atoms with Crippen LogP contribution in [0.25, 0.3) is 5.69 Å². The maximum Gasteiger partial charge on any atom is 0.234 e. The molecular weight excluding hydrogens is 440 g/mol. The maximum absolute atomic E-state index is 12.8. The van der Waals surface area contributed by atoms with Crippen LogP contribution < -0.4 is 5.32 Å². The summed E-state index contributed by atoms with van der Waals surface area (Å²) >= 11 is 3.17. The highest BCUT2D eigenvalue weighted by atomic mass is 32.2. The van der Waals surface area contributed by atoms with E-state index < -0.39 is 0 Å². The molecule has 1 fully saturated rings. The van der Waals surface area contributed by atoms with Crippen molar-refractivity contribution in [2.45, 2.75) is 44.3 Å². The number of thioether (sulfide) groups is 1. The molecule has 4 aromatic rings. The van der Waals surface area contributed by atoms with Gasteiger partial charge in [0.25, 0.3) is 0 Å². The Bertz CT molecular complexity index is 1230. The van der Waals surface area contributed by atoms with Crippen molar-refractivity contribution in [2.75, 3.05) is 11.1 Å². The number of carbonyl (C=O) groups is 1. The monoisotopic (exact) mass is 464 g/mol. The van der Waals surface area contributed by atoms with E-state index in [0.29, 0.717) is 6.04 Å². The van der Waals surface area contributed by atoms with Crippen molar-refractivity contribution >= 4 is 34.7 Å². The number of thiophene rings is 1. The van der Waals surface area contributed by atoms with E-state index >= 15 is 0 Å². The molecule has 0 radical (unpaired) electrons. The quantitative estimate of drug-likeness (QED) is 0.379. The molecule has 1 aliphatic rings. The zero-order valence-corrected chi connectivity index (χ0v) is 19.6. The minimum atomic E-state index is -0.0704. The number of nitrogens with one attached hydrogen (secondary N) is 1. The van der Waals surface area contributed by atoms with Crippen LogP contribution in [0.4, 0.5) is 5.69 Å². The van der Waals surface area contributed by atoms with Gasteiger partial charge in [0.1, 0.15) is 5.82 Å². The van der Waals surface area contributed by atoms with E-state index in [9.17, 15) is 4.79 Å². The number of para-hydroxylation sites is 1. The Labute approximate surface area is 194 Å². The lowest BCUT2D eigenvalue weighted by atomic mass is 10.3. The molecule has 0 saturated heterocycles. The first kappa shape index (κ1) is 21.0. The molecule has 3 heterocycles. The fraction of sp³-hybridized carbons (Fsp3) is 0.304. The van der Waals surface area contributed by atoms with Gasteiger partial charge in [-0.2, -0.15) is 5.10 Å². The number of amides is 1. The molecule has 7 nitrogen and oxygen atoms in total. The second-order valence-electron chi connectivity index (χ2n) is 7.89. The Balaban J connectivity index is 1.27. The summed E-state index contributed by atoms with van der Waals surface area (Å²) in [6.45, 7) is 3.88. The number of benzene rings is 1. The fourth-order valence-corrected chi connectivity index (χ4v) is 5.27. The average Bonchev–Trinajstić information content (AvgIpc) is 3.23. The molecule has 0 atom stereocenters. The molecule has 0 bridgehead atoms. The van der Waals surface area contributed by atoms with Crippen LogP contribution in [0.15, 0.2) is 53.0 Å². The van der Waals surface area contributed by atoms with Gasteiger partial charge < -0.3 is 9.88 Å². The summed E-state index contributed by atoms with van der Waals surface area (Å²) in [7, 11) is 0. The number of hydrogen-bond acceptors (Lipinski definition) is 6. The average molecular weight is 465 g/mol. The highest BCUT2D eigenvalue weighted by Gasteiger charge is 2.30. The van der Waals surface area contributed by atoms with Gasteiger partial charge in [0, 0.05) is 17.3 Å². The normalized spacial score (nSPS) is 13.4. The van der Waals surface area contributed by atoms with Crippen LogP contribution in [-0.2, 0) is 11.2 Å². The van der Waals surface area contributed by atoms with Crippen LogP contribution >= 0.6 is 23.1 Å². The summed E-state index contributed by atoms with van der Waals surface area (Å²) < 4.78 is 4.08. The minimum Gasteiger partial charge on any atom is -0.322 e. The summed E-state index contributed by atoms with van der Waals surface area (Å²) in [6, 6.07) is 14.6. The molecule has 164 valence electrons. The largest absolute Gasteiger partial charge is 0.322 e. The Hall–Kier alpha value is -2.91. The molecule has 32 heavy (non-hydrogen) atoms. The van der Waals surface area contributed by atoms with Crippen molar-refractivity contribution in [1.82, 2.24) is 24.5 Å². The Morgan fingerprint density at radius 3 is 2.69 bits per heavy atom. The van der Waals surface area contributed by atoms with E-state index in [-0.39, 0.29) is 11.7 Å². The topological polar surface area (TPSA) is 77.6 Å². The third-order valence-corrected chi connectivity index (χ3v) is 7.27. The lowest BCUT2D eigenvalue weighted by Gasteiger charge is -2.09. The van der Waals surface area contributed by atoms with Crippen molar-refractivity contribution < 1.29 is 4.79 Å². The predicted molar refractivity (Wildman–Crippen MR) is 128 cm³/mol. The Morgan fingerprint density at radius 1 is 1.16 bits per heavy atom. The second kappa shape index (κ2) is 8.91. The molecule has 1 saturated carbocycles. The van der Waals surface area contributed by atoms with Gasteiger partial charge in [-0.3, -0.25) is 4.79 Å². The van der Waals surface area contributed by atoms with Gasteiger partial charge in [-0.15, -0.1) is 21.5 Å². The molecule has 1 aliphatic carbocycles. The summed E-state index contributed by atoms with van der Waals surface area (Å²) in [5.41, 5.74) is 3.44. The molecular formula is C23H24N6OS2. The zero-order valence-electron chi connectivity index (χ0n) is 18.0. The lowest BCUT2D eigenvalue weighted by molar-refractivity contribution is -0.113. The van der Waals surface area contributed by atoms with E-state index in [1.165, 1.54) is 16.6 Å². The standard InChI is InChI=1S/C23H24N6OS2/c1-15-22(16(2)29(27-15)18-7-4-3-5-8-18)24-21(30)14-32-23-26-25-20(28(23)17-10-11-17)13-19-9-6-12-31-19/h3-9,12,17H,10-11,13-14H2,1-2H3,(H,24,30). The third-order valence-electron chi connectivity index (χ3n) is 5.45. The van der Waals surface area contributed by atoms with Crippen LogP contribution in [0, 0.1) is 13.8 Å². The number of hydrogen-bond donors (Lipinski definition) is 1. The molecule has 1 N–H and O–H groups in total. The smallest absolute Gasteiger partial charge is 0.234 e. The number of aryl methyl sites for hydroxylation is 1. The van der Waals surface area contributed by atoms with Gasteiger partial charge in [-0.25, -0.2) is 4.68 Å². The van der Waals surface area contributed by atoms with E-state index in [2.05, 4.69) is 42.7 Å². The SMILES string of the molecule is Cc1nn(-c2ccccc2)c(C)c1NC(=O)CSc1nnc(Cc2cccs2)n1C1CC1. The minimum absolute atomic E-state index is 0.0704. The number of aromatic nitrogens is 5. The summed E-state index contributed by atoms with van der Waals surface area (Å²) in [5.74, 6) is 1.19. The molecule has 0 unspecified atom stereocenters. The highest BCUT2D eigenvalue weighted by molar-refractivity contribution is 7.99. The van der Waals surface area contributed by atoms with E-state index in [1.54, 1.807) is 11.3 Å². The van der Waals surface area contributed by atoms with Gasteiger partial charge in [-0.05, 0) is 50.3 Å². The molecule has 1 aromatic carbocycles. The van der Waals surface area contributed by atoms with Gasteiger partial charge in [0.2, 0.25) is 5.91 Å². The highest BCUT2D eigenvalue weighted by Crippen LogP contribution is 2.39. The third kappa shape index (κ3) is 4.35. The fourth-order valence-electron chi connectivity index (χ4n) is 3.74. The van der Waals surface area contributed by atoms with Crippen LogP contribution in [0.5, 0.6) is 0 Å². The van der Waals surface area contributed by atoms with Crippen LogP contribution in [0.1, 0.15) is 41.0 Å². The molecule has 0 spiro atoms. The second-order valence-corrected chi connectivity index (χ2v) is 9.86. The van der Waals surface area contributed by atoms with Crippen molar-refractivity contribution in [2.24, 2.45) is 0 Å². The number of anilines is 1. The van der Waals surface area contributed by atoms with Gasteiger partial charge in [-0.1, -0.05) is 36.0 Å². The Kier molecular flexibility index (Phi) is 5.84. The molecule has 5 rings (SSSR count). The van der Waals surface area contributed by atoms with Crippen LogP contribution in [0.3, 0.4) is 0 Å². The van der Waals surface area contributed by atoms with Gasteiger partial charge >= 0.3 is 0 Å². The zero-order chi connectivity index (χ0) is 22.1. The van der Waals surface area contributed by atoms with Crippen molar-refractivity contribution in [3.8, 4) is 5.69 Å². The number of carbonyl (C=O) groups excluding carboxylic acids is 1. The van der Waals surface area contributed by atoms with Crippen LogP contribution in [0.2, 0.25) is 0 Å². The summed E-state index contributed by atoms with van der Waals surface area (Å²) in [5, 5.41) is 19.4. The maximum atomic E-state index is 12.8. The first-order chi connectivity index (χ1) is 15.6. The Morgan fingerprint density at radius 2 is 1.97 bits per heavy atom. The van der Waals surface area contributed by atoms with E-state index in [0.717, 1.165) is 53.0 Å². The van der Waals surface area contributed by atoms with Crippen LogP contribution in [-0.4, -0.2) is 36.2 Å². The molecule has 1 amide bonds. The van der Waals surface area contributed by atoms with E-state index in [4.69, 9.17) is 0 Å². The molecule has 9 heteroatoms. The summed E-state index contributed by atoms with van der Waals surface area (Å²) in [4.78, 5) is 14.0. The molecule has 3 aromatic heterocycles. The van der Waals surface area contributed by atoms with Gasteiger partial charge in [0.15, 0.2) is 5.16 Å². The van der Waals surface area contributed by atoms with Gasteiger partial charge in [0.05, 0.1) is 28.5 Å². The van der Waals surface area contributed by atoms with Crippen molar-refractivity contribution in [3.05, 3.63) is 69.9 Å².